The van der Waals surface area contributed by atoms with Crippen LogP contribution in [0.3, 0.4) is 0 Å². The van der Waals surface area contributed by atoms with E-state index in [4.69, 9.17) is 9.84 Å². The fourth-order valence-electron chi connectivity index (χ4n) is 2.33. The molecule has 0 saturated carbocycles. The average molecular weight is 362 g/mol. The molecule has 1 aromatic heterocycles. The second-order valence-corrected chi connectivity index (χ2v) is 7.32. The molecule has 0 aliphatic rings. The van der Waals surface area contributed by atoms with Gasteiger partial charge in [-0.05, 0) is 37.0 Å². The lowest BCUT2D eigenvalue weighted by Gasteiger charge is -2.08. The Hall–Kier alpha value is -2.41. The number of hydrogen-bond acceptors (Lipinski definition) is 5. The van der Waals surface area contributed by atoms with Crippen LogP contribution >= 0.6 is 11.3 Å². The minimum atomic E-state index is -1.03. The summed E-state index contributed by atoms with van der Waals surface area (Å²) in [6.07, 6.45) is 0.769. The van der Waals surface area contributed by atoms with Gasteiger partial charge >= 0.3 is 5.97 Å². The molecule has 0 bridgehead atoms. The fourth-order valence-corrected chi connectivity index (χ4v) is 3.19. The van der Waals surface area contributed by atoms with Crippen molar-refractivity contribution < 1.29 is 19.4 Å². The number of nitrogens with one attached hydrogen (secondary N) is 1. The number of hydrogen-bond donors (Lipinski definition) is 2. The van der Waals surface area contributed by atoms with Crippen molar-refractivity contribution in [2.45, 2.75) is 33.7 Å². The van der Waals surface area contributed by atoms with E-state index in [0.717, 1.165) is 22.7 Å². The number of benzene rings is 1. The van der Waals surface area contributed by atoms with E-state index in [0.29, 0.717) is 23.1 Å². The maximum atomic E-state index is 12.5. The van der Waals surface area contributed by atoms with E-state index in [1.54, 1.807) is 18.2 Å². The van der Waals surface area contributed by atoms with Gasteiger partial charge in [-0.15, -0.1) is 11.3 Å². The molecule has 0 saturated heterocycles. The SMILES string of the molecule is Cc1nc(CC(C)C)c(C(=O)NCc2cccc(OCC(=O)O)c2)s1. The van der Waals surface area contributed by atoms with Crippen molar-refractivity contribution in [2.75, 3.05) is 6.61 Å². The number of thiazole rings is 1. The van der Waals surface area contributed by atoms with E-state index in [1.165, 1.54) is 11.3 Å². The van der Waals surface area contributed by atoms with Gasteiger partial charge in [-0.3, -0.25) is 4.79 Å². The predicted octanol–water partition coefficient (Wildman–Crippen LogP) is 3.04. The summed E-state index contributed by atoms with van der Waals surface area (Å²) >= 11 is 1.40. The first-order chi connectivity index (χ1) is 11.8. The van der Waals surface area contributed by atoms with Crippen LogP contribution in [0.4, 0.5) is 0 Å². The van der Waals surface area contributed by atoms with Gasteiger partial charge in [-0.2, -0.15) is 0 Å². The number of nitrogens with zero attached hydrogens (tertiary/aromatic N) is 1. The Morgan fingerprint density at radius 2 is 2.12 bits per heavy atom. The largest absolute Gasteiger partial charge is 0.482 e. The lowest BCUT2D eigenvalue weighted by molar-refractivity contribution is -0.139. The number of carboxylic acids is 1. The van der Waals surface area contributed by atoms with Gasteiger partial charge in [0.1, 0.15) is 10.6 Å². The van der Waals surface area contributed by atoms with Crippen molar-refractivity contribution in [3.63, 3.8) is 0 Å². The molecule has 7 heteroatoms. The number of carbonyl (C=O) groups is 2. The highest BCUT2D eigenvalue weighted by Gasteiger charge is 2.17. The lowest BCUT2D eigenvalue weighted by atomic mass is 10.1. The molecule has 2 aromatic rings. The number of aliphatic carboxylic acids is 1. The lowest BCUT2D eigenvalue weighted by Crippen LogP contribution is -2.23. The zero-order valence-corrected chi connectivity index (χ0v) is 15.4. The second kappa shape index (κ2) is 8.62. The van der Waals surface area contributed by atoms with Crippen molar-refractivity contribution in [3.8, 4) is 5.75 Å². The van der Waals surface area contributed by atoms with Crippen LogP contribution in [0.15, 0.2) is 24.3 Å². The summed E-state index contributed by atoms with van der Waals surface area (Å²) in [5, 5.41) is 12.4. The maximum Gasteiger partial charge on any atom is 0.341 e. The van der Waals surface area contributed by atoms with E-state index < -0.39 is 12.6 Å². The molecule has 25 heavy (non-hydrogen) atoms. The number of amides is 1. The third-order valence-electron chi connectivity index (χ3n) is 3.33. The van der Waals surface area contributed by atoms with Crippen LogP contribution in [-0.2, 0) is 17.8 Å². The minimum Gasteiger partial charge on any atom is -0.482 e. The first-order valence-corrected chi connectivity index (χ1v) is 8.85. The van der Waals surface area contributed by atoms with Crippen LogP contribution in [0.5, 0.6) is 5.75 Å². The third kappa shape index (κ3) is 5.86. The number of aryl methyl sites for hydroxylation is 1. The van der Waals surface area contributed by atoms with E-state index in [9.17, 15) is 9.59 Å². The summed E-state index contributed by atoms with van der Waals surface area (Å²) in [5.41, 5.74) is 1.68. The number of carbonyl (C=O) groups excluding carboxylic acids is 1. The fraction of sp³-hybridized carbons (Fsp3) is 0.389. The average Bonchev–Trinajstić information content (AvgIpc) is 2.90. The van der Waals surface area contributed by atoms with Gasteiger partial charge in [-0.1, -0.05) is 26.0 Å². The molecular weight excluding hydrogens is 340 g/mol. The Kier molecular flexibility index (Phi) is 6.52. The molecule has 1 amide bonds. The molecule has 0 radical (unpaired) electrons. The molecule has 134 valence electrons. The Morgan fingerprint density at radius 3 is 2.80 bits per heavy atom. The first kappa shape index (κ1) is 18.9. The molecular formula is C18H22N2O4S. The Labute approximate surface area is 150 Å². The van der Waals surface area contributed by atoms with Crippen molar-refractivity contribution in [2.24, 2.45) is 5.92 Å². The highest BCUT2D eigenvalue weighted by Crippen LogP contribution is 2.21. The van der Waals surface area contributed by atoms with Crippen molar-refractivity contribution in [3.05, 3.63) is 45.4 Å². The molecule has 1 aromatic carbocycles. The summed E-state index contributed by atoms with van der Waals surface area (Å²) in [6, 6.07) is 7.01. The molecule has 0 aliphatic heterocycles. The highest BCUT2D eigenvalue weighted by atomic mass is 32.1. The molecule has 2 rings (SSSR count). The second-order valence-electron chi connectivity index (χ2n) is 6.12. The molecule has 0 fully saturated rings. The summed E-state index contributed by atoms with van der Waals surface area (Å²) in [6.45, 7) is 6.03. The quantitative estimate of drug-likeness (QED) is 0.753. The van der Waals surface area contributed by atoms with Gasteiger partial charge < -0.3 is 15.2 Å². The molecule has 0 unspecified atom stereocenters. The molecule has 6 nitrogen and oxygen atoms in total. The number of carboxylic acid groups (broad SMARTS) is 1. The van der Waals surface area contributed by atoms with Crippen LogP contribution in [0, 0.1) is 12.8 Å². The molecule has 1 heterocycles. The van der Waals surface area contributed by atoms with E-state index in [2.05, 4.69) is 24.1 Å². The summed E-state index contributed by atoms with van der Waals surface area (Å²) in [4.78, 5) is 28.2. The molecule has 0 spiro atoms. The normalized spacial score (nSPS) is 10.7. The maximum absolute atomic E-state index is 12.5. The van der Waals surface area contributed by atoms with Gasteiger partial charge in [0.25, 0.3) is 5.91 Å². The van der Waals surface area contributed by atoms with Gasteiger partial charge in [0, 0.05) is 6.54 Å². The van der Waals surface area contributed by atoms with Gasteiger partial charge in [-0.25, -0.2) is 9.78 Å². The minimum absolute atomic E-state index is 0.141. The monoisotopic (exact) mass is 362 g/mol. The molecule has 2 N–H and O–H groups in total. The van der Waals surface area contributed by atoms with Crippen LogP contribution in [0.1, 0.15) is 39.8 Å². The Bertz CT molecular complexity index is 755. The van der Waals surface area contributed by atoms with Crippen molar-refractivity contribution >= 4 is 23.2 Å². The molecule has 0 aliphatic carbocycles. The topological polar surface area (TPSA) is 88.5 Å². The molecule has 0 atom stereocenters. The zero-order chi connectivity index (χ0) is 18.4. The van der Waals surface area contributed by atoms with Crippen LogP contribution in [0.25, 0.3) is 0 Å². The van der Waals surface area contributed by atoms with Crippen LogP contribution in [-0.4, -0.2) is 28.6 Å². The third-order valence-corrected chi connectivity index (χ3v) is 4.34. The van der Waals surface area contributed by atoms with E-state index in [-0.39, 0.29) is 5.91 Å². The van der Waals surface area contributed by atoms with Crippen LogP contribution in [0.2, 0.25) is 0 Å². The smallest absolute Gasteiger partial charge is 0.341 e. The summed E-state index contributed by atoms with van der Waals surface area (Å²) < 4.78 is 5.15. The number of rotatable bonds is 8. The van der Waals surface area contributed by atoms with Crippen molar-refractivity contribution in [1.29, 1.82) is 0 Å². The highest BCUT2D eigenvalue weighted by molar-refractivity contribution is 7.13. The summed E-state index contributed by atoms with van der Waals surface area (Å²) in [5.74, 6) is -0.283. The van der Waals surface area contributed by atoms with Gasteiger partial charge in [0.2, 0.25) is 0 Å². The van der Waals surface area contributed by atoms with Crippen molar-refractivity contribution in [1.82, 2.24) is 10.3 Å². The van der Waals surface area contributed by atoms with Gasteiger partial charge in [0.15, 0.2) is 6.61 Å². The number of ether oxygens (including phenoxy) is 1. The van der Waals surface area contributed by atoms with Gasteiger partial charge in [0.05, 0.1) is 10.7 Å². The zero-order valence-electron chi connectivity index (χ0n) is 14.5. The number of aromatic nitrogens is 1. The van der Waals surface area contributed by atoms with E-state index in [1.807, 2.05) is 13.0 Å². The Morgan fingerprint density at radius 1 is 1.36 bits per heavy atom. The standard InChI is InChI=1S/C18H22N2O4S/c1-11(2)7-15-17(25-12(3)20-15)18(23)19-9-13-5-4-6-14(8-13)24-10-16(21)22/h4-6,8,11H,7,9-10H2,1-3H3,(H,19,23)(H,21,22). The predicted molar refractivity (Wildman–Crippen MR) is 96.1 cm³/mol. The van der Waals surface area contributed by atoms with E-state index >= 15 is 0 Å². The Balaban J connectivity index is 2.00. The summed E-state index contributed by atoms with van der Waals surface area (Å²) in [7, 11) is 0. The van der Waals surface area contributed by atoms with Crippen LogP contribution < -0.4 is 10.1 Å². The first-order valence-electron chi connectivity index (χ1n) is 8.03.